The Hall–Kier alpha value is -2.84. The lowest BCUT2D eigenvalue weighted by molar-refractivity contribution is -0.274. The minimum absolute atomic E-state index is 0.187. The first-order valence-electron chi connectivity index (χ1n) is 10.2. The second-order valence-electron chi connectivity index (χ2n) is 7.55. The molecule has 0 aromatic heterocycles. The SMILES string of the molecule is O=C(CNC(=O)c1ccc(/C=C/C(c2cc(Cl)c(Cl)c(Cl)c2)C(F)(F)F)cc1OC(F)(F)F)NCC(F)(F)F. The first-order chi connectivity index (χ1) is 17.8. The van der Waals surface area contributed by atoms with Crippen molar-refractivity contribution in [2.24, 2.45) is 0 Å². The van der Waals surface area contributed by atoms with Gasteiger partial charge in [-0.25, -0.2) is 0 Å². The van der Waals surface area contributed by atoms with E-state index in [1.165, 1.54) is 5.32 Å². The van der Waals surface area contributed by atoms with Crippen molar-refractivity contribution in [2.45, 2.75) is 24.6 Å². The maximum Gasteiger partial charge on any atom is 0.573 e. The van der Waals surface area contributed by atoms with Crippen molar-refractivity contribution < 1.29 is 53.8 Å². The van der Waals surface area contributed by atoms with E-state index in [0.29, 0.717) is 12.1 Å². The van der Waals surface area contributed by atoms with Crippen LogP contribution in [0, 0.1) is 0 Å². The van der Waals surface area contributed by atoms with E-state index in [1.54, 1.807) is 0 Å². The highest BCUT2D eigenvalue weighted by Gasteiger charge is 2.39. The summed E-state index contributed by atoms with van der Waals surface area (Å²) >= 11 is 17.4. The molecule has 0 aliphatic carbocycles. The molecule has 0 saturated carbocycles. The van der Waals surface area contributed by atoms with Crippen LogP contribution in [0.2, 0.25) is 15.1 Å². The highest BCUT2D eigenvalue weighted by molar-refractivity contribution is 6.48. The normalized spacial score (nSPS) is 13.3. The third-order valence-electron chi connectivity index (χ3n) is 4.57. The predicted octanol–water partition coefficient (Wildman–Crippen LogP) is 7.31. The van der Waals surface area contributed by atoms with Crippen molar-refractivity contribution in [3.8, 4) is 5.75 Å². The fraction of sp³-hybridized carbons (Fsp3) is 0.273. The van der Waals surface area contributed by atoms with Gasteiger partial charge in [-0.3, -0.25) is 9.59 Å². The molecule has 0 aliphatic heterocycles. The molecule has 1 unspecified atom stereocenters. The molecule has 5 nitrogen and oxygen atoms in total. The predicted molar refractivity (Wildman–Crippen MR) is 124 cm³/mol. The average molecular weight is 632 g/mol. The van der Waals surface area contributed by atoms with E-state index in [0.717, 1.165) is 30.3 Å². The molecular formula is C22H14Cl3F9N2O3. The molecule has 0 bridgehead atoms. The maximum absolute atomic E-state index is 13.7. The van der Waals surface area contributed by atoms with Crippen LogP contribution in [-0.4, -0.2) is 43.6 Å². The van der Waals surface area contributed by atoms with E-state index >= 15 is 0 Å². The summed E-state index contributed by atoms with van der Waals surface area (Å²) in [6, 6.07) is 4.14. The Bertz CT molecular complexity index is 1220. The molecule has 2 aromatic carbocycles. The summed E-state index contributed by atoms with van der Waals surface area (Å²) < 4.78 is 120. The van der Waals surface area contributed by atoms with Crippen molar-refractivity contribution in [3.05, 3.63) is 68.2 Å². The van der Waals surface area contributed by atoms with E-state index < -0.39 is 66.4 Å². The molecule has 0 radical (unpaired) electrons. The van der Waals surface area contributed by atoms with Gasteiger partial charge < -0.3 is 15.4 Å². The van der Waals surface area contributed by atoms with Crippen molar-refractivity contribution in [1.82, 2.24) is 10.6 Å². The average Bonchev–Trinajstić information content (AvgIpc) is 2.77. The zero-order valence-electron chi connectivity index (χ0n) is 18.8. The number of benzene rings is 2. The monoisotopic (exact) mass is 630 g/mol. The summed E-state index contributed by atoms with van der Waals surface area (Å²) in [6.45, 7) is -2.74. The van der Waals surface area contributed by atoms with Gasteiger partial charge in [0.05, 0.1) is 33.1 Å². The lowest BCUT2D eigenvalue weighted by atomic mass is 9.96. The lowest BCUT2D eigenvalue weighted by Gasteiger charge is -2.18. The fourth-order valence-electron chi connectivity index (χ4n) is 2.93. The van der Waals surface area contributed by atoms with Crippen LogP contribution in [0.15, 0.2) is 36.4 Å². The molecule has 0 saturated heterocycles. The van der Waals surface area contributed by atoms with Gasteiger partial charge in [0.1, 0.15) is 12.3 Å². The van der Waals surface area contributed by atoms with Crippen LogP contribution in [0.25, 0.3) is 6.08 Å². The van der Waals surface area contributed by atoms with E-state index in [1.807, 2.05) is 5.32 Å². The van der Waals surface area contributed by atoms with Crippen LogP contribution in [0.5, 0.6) is 5.75 Å². The Morgan fingerprint density at radius 3 is 2.00 bits per heavy atom. The third-order valence-corrected chi connectivity index (χ3v) is 5.77. The van der Waals surface area contributed by atoms with Crippen LogP contribution in [0.1, 0.15) is 27.4 Å². The summed E-state index contributed by atoms with van der Waals surface area (Å²) in [6.07, 6.45) is -13.6. The van der Waals surface area contributed by atoms with Crippen LogP contribution >= 0.6 is 34.8 Å². The topological polar surface area (TPSA) is 67.4 Å². The van der Waals surface area contributed by atoms with Crippen LogP contribution in [-0.2, 0) is 4.79 Å². The van der Waals surface area contributed by atoms with Crippen molar-refractivity contribution in [1.29, 1.82) is 0 Å². The van der Waals surface area contributed by atoms with Crippen LogP contribution < -0.4 is 15.4 Å². The number of halogens is 12. The zero-order valence-corrected chi connectivity index (χ0v) is 21.1. The smallest absolute Gasteiger partial charge is 0.405 e. The number of hydrogen-bond acceptors (Lipinski definition) is 3. The molecule has 0 spiro atoms. The van der Waals surface area contributed by atoms with Crippen LogP contribution in [0.4, 0.5) is 39.5 Å². The Morgan fingerprint density at radius 1 is 0.897 bits per heavy atom. The van der Waals surface area contributed by atoms with Gasteiger partial charge in [-0.15, -0.1) is 13.2 Å². The standard InChI is InChI=1S/C22H14Cl3F9N2O3/c23-14-6-11(7-15(24)18(14)25)13(21(29,30)31)4-2-10-1-3-12(16(5-10)39-22(32,33)34)19(38)35-8-17(37)36-9-20(26,27)28/h1-7,13H,8-9H2,(H,35,38)(H,36,37)/b4-2+. The number of carbonyl (C=O) groups excluding carboxylic acids is 2. The Morgan fingerprint density at radius 2 is 1.49 bits per heavy atom. The van der Waals surface area contributed by atoms with Crippen molar-refractivity contribution in [3.63, 3.8) is 0 Å². The molecule has 2 amide bonds. The summed E-state index contributed by atoms with van der Waals surface area (Å²) in [5.41, 5.74) is -1.50. The van der Waals surface area contributed by atoms with Gasteiger partial charge in [0.2, 0.25) is 5.91 Å². The van der Waals surface area contributed by atoms with Crippen molar-refractivity contribution >= 4 is 52.7 Å². The molecule has 0 aliphatic rings. The highest BCUT2D eigenvalue weighted by Crippen LogP contribution is 2.41. The first kappa shape index (κ1) is 32.4. The molecule has 2 N–H and O–H groups in total. The molecular weight excluding hydrogens is 618 g/mol. The zero-order chi connectivity index (χ0) is 29.8. The van der Waals surface area contributed by atoms with Crippen LogP contribution in [0.3, 0.4) is 0 Å². The molecule has 0 fully saturated rings. The molecule has 2 rings (SSSR count). The Kier molecular flexibility index (Phi) is 10.4. The number of allylic oxidation sites excluding steroid dienone is 1. The summed E-state index contributed by atoms with van der Waals surface area (Å²) in [5, 5.41) is 2.53. The second-order valence-corrected chi connectivity index (χ2v) is 8.75. The van der Waals surface area contributed by atoms with Gasteiger partial charge in [0.15, 0.2) is 0 Å². The number of ether oxygens (including phenoxy) is 1. The fourth-order valence-corrected chi connectivity index (χ4v) is 3.54. The molecule has 39 heavy (non-hydrogen) atoms. The largest absolute Gasteiger partial charge is 0.573 e. The quantitative estimate of drug-likeness (QED) is 0.237. The van der Waals surface area contributed by atoms with Gasteiger partial charge in [-0.1, -0.05) is 53.0 Å². The van der Waals surface area contributed by atoms with E-state index in [9.17, 15) is 49.1 Å². The summed E-state index contributed by atoms with van der Waals surface area (Å²) in [5.74, 6) is -6.11. The Labute approximate surface area is 228 Å². The number of amides is 2. The first-order valence-corrected chi connectivity index (χ1v) is 11.3. The van der Waals surface area contributed by atoms with Gasteiger partial charge >= 0.3 is 18.7 Å². The molecule has 2 aromatic rings. The maximum atomic E-state index is 13.7. The minimum atomic E-state index is -5.34. The van der Waals surface area contributed by atoms with Gasteiger partial charge in [-0.05, 0) is 35.4 Å². The third kappa shape index (κ3) is 10.3. The number of hydrogen-bond donors (Lipinski definition) is 2. The molecule has 0 heterocycles. The highest BCUT2D eigenvalue weighted by atomic mass is 35.5. The molecule has 1 atom stereocenters. The van der Waals surface area contributed by atoms with E-state index in [2.05, 4.69) is 4.74 Å². The summed E-state index contributed by atoms with van der Waals surface area (Å²) in [7, 11) is 0. The Balaban J connectivity index is 2.34. The van der Waals surface area contributed by atoms with Gasteiger partial charge in [0.25, 0.3) is 5.91 Å². The van der Waals surface area contributed by atoms with Gasteiger partial charge in [0, 0.05) is 0 Å². The van der Waals surface area contributed by atoms with E-state index in [4.69, 9.17) is 34.8 Å². The molecule has 214 valence electrons. The van der Waals surface area contributed by atoms with Crippen molar-refractivity contribution in [2.75, 3.05) is 13.1 Å². The lowest BCUT2D eigenvalue weighted by Crippen LogP contribution is -2.41. The second kappa shape index (κ2) is 12.6. The number of rotatable bonds is 8. The van der Waals surface area contributed by atoms with E-state index in [-0.39, 0.29) is 20.6 Å². The summed E-state index contributed by atoms with van der Waals surface area (Å²) in [4.78, 5) is 23.7. The number of carbonyl (C=O) groups is 2. The van der Waals surface area contributed by atoms with Gasteiger partial charge in [-0.2, -0.15) is 26.3 Å². The number of nitrogens with one attached hydrogen (secondary N) is 2. The minimum Gasteiger partial charge on any atom is -0.405 e. The molecule has 17 heteroatoms. The number of alkyl halides is 9.